The Kier molecular flexibility index (Phi) is 9.80. The first-order valence-electron chi connectivity index (χ1n) is 24.6. The Hall–Kier alpha value is -8.65. The summed E-state index contributed by atoms with van der Waals surface area (Å²) >= 11 is 5.66. The molecule has 73 heavy (non-hydrogen) atoms. The molecule has 0 aliphatic carbocycles. The standard InChI is InChI=1S/C67H41N3S3/c1-3-14-46(15-4-1)69(48-31-33-68-34-32-48)50-38-58(66-60(40-50)54-19-9-11-21-62(54)72-66)44-25-28-56-57-29-26-45(37-65(57)71-64(56)36-44)59-39-51(41-61-55-20-10-12-22-63(55)73-67(59)61)70(47-16-5-2-6-17-47)49-27-30-53-43(35-49)24-23-42-13-7-8-18-52(42)53/h1-41H. The summed E-state index contributed by atoms with van der Waals surface area (Å²) in [7, 11) is 0. The zero-order valence-electron chi connectivity index (χ0n) is 39.2. The second kappa shape index (κ2) is 17.0. The number of anilines is 6. The second-order valence-electron chi connectivity index (χ2n) is 18.7. The molecular formula is C67H41N3S3. The number of para-hydroxylation sites is 2. The predicted octanol–water partition coefficient (Wildman–Crippen LogP) is 20.8. The molecule has 3 nitrogen and oxygen atoms in total. The van der Waals surface area contributed by atoms with Crippen molar-refractivity contribution in [1.82, 2.24) is 4.98 Å². The van der Waals surface area contributed by atoms with Gasteiger partial charge < -0.3 is 9.80 Å². The molecule has 6 heteroatoms. The average Bonchev–Trinajstić information content (AvgIpc) is 4.14. The Labute approximate surface area is 433 Å². The van der Waals surface area contributed by atoms with Gasteiger partial charge in [-0.05, 0) is 130 Å². The normalized spacial score (nSPS) is 11.8. The van der Waals surface area contributed by atoms with Gasteiger partial charge in [0.05, 0.1) is 0 Å². The van der Waals surface area contributed by atoms with E-state index in [0.29, 0.717) is 0 Å². The van der Waals surface area contributed by atoms with Crippen LogP contribution in [0.3, 0.4) is 0 Å². The summed E-state index contributed by atoms with van der Waals surface area (Å²) in [6.07, 6.45) is 3.75. The van der Waals surface area contributed by atoms with Crippen LogP contribution in [0.1, 0.15) is 0 Å². The van der Waals surface area contributed by atoms with Crippen molar-refractivity contribution >= 4 is 150 Å². The van der Waals surface area contributed by atoms with Gasteiger partial charge in [-0.15, -0.1) is 34.0 Å². The lowest BCUT2D eigenvalue weighted by Gasteiger charge is -2.27. The molecule has 0 aliphatic heterocycles. The highest BCUT2D eigenvalue weighted by Crippen LogP contribution is 2.50. The minimum absolute atomic E-state index is 1.07. The maximum absolute atomic E-state index is 4.38. The van der Waals surface area contributed by atoms with E-state index in [-0.39, 0.29) is 0 Å². The van der Waals surface area contributed by atoms with Gasteiger partial charge in [0, 0.05) is 118 Å². The molecule has 0 saturated carbocycles. The van der Waals surface area contributed by atoms with Crippen molar-refractivity contribution in [3.63, 3.8) is 0 Å². The quantitative estimate of drug-likeness (QED) is 0.141. The molecule has 0 unspecified atom stereocenters. The van der Waals surface area contributed by atoms with Gasteiger partial charge in [0.15, 0.2) is 0 Å². The molecule has 0 radical (unpaired) electrons. The number of pyridine rings is 1. The number of hydrogen-bond donors (Lipinski definition) is 0. The van der Waals surface area contributed by atoms with Crippen LogP contribution in [0.25, 0.3) is 104 Å². The lowest BCUT2D eigenvalue weighted by atomic mass is 9.98. The van der Waals surface area contributed by atoms with E-state index in [1.807, 2.05) is 46.4 Å². The van der Waals surface area contributed by atoms with Crippen LogP contribution in [0, 0.1) is 0 Å². The molecule has 15 rings (SSSR count). The molecule has 0 spiro atoms. The van der Waals surface area contributed by atoms with Crippen molar-refractivity contribution < 1.29 is 0 Å². The number of hydrogen-bond acceptors (Lipinski definition) is 6. The van der Waals surface area contributed by atoms with Crippen LogP contribution in [0.4, 0.5) is 34.1 Å². The molecule has 0 bridgehead atoms. The Morgan fingerprint density at radius 1 is 0.260 bits per heavy atom. The lowest BCUT2D eigenvalue weighted by Crippen LogP contribution is -2.10. The van der Waals surface area contributed by atoms with Crippen molar-refractivity contribution in [1.29, 1.82) is 0 Å². The first-order chi connectivity index (χ1) is 36.2. The summed E-state index contributed by atoms with van der Waals surface area (Å²) in [5.41, 5.74) is 11.5. The number of fused-ring (bicyclic) bond motifs is 12. The van der Waals surface area contributed by atoms with E-state index in [1.165, 1.54) is 104 Å². The average molecular weight is 984 g/mol. The number of benzene rings is 11. The van der Waals surface area contributed by atoms with Crippen LogP contribution in [0.2, 0.25) is 0 Å². The number of rotatable bonds is 8. The van der Waals surface area contributed by atoms with Crippen molar-refractivity contribution in [2.45, 2.75) is 0 Å². The molecule has 0 fully saturated rings. The van der Waals surface area contributed by atoms with Gasteiger partial charge in [-0.2, -0.15) is 0 Å². The summed E-state index contributed by atoms with van der Waals surface area (Å²) in [4.78, 5) is 9.16. The fourth-order valence-electron chi connectivity index (χ4n) is 11.1. The van der Waals surface area contributed by atoms with Crippen LogP contribution in [-0.4, -0.2) is 4.98 Å². The number of thiophene rings is 3. The highest BCUT2D eigenvalue weighted by atomic mass is 32.1. The zero-order chi connectivity index (χ0) is 48.0. The fraction of sp³-hybridized carbons (Fsp3) is 0. The Morgan fingerprint density at radius 2 is 0.712 bits per heavy atom. The third-order valence-corrected chi connectivity index (χ3v) is 18.0. The summed E-state index contributed by atoms with van der Waals surface area (Å²) in [6.45, 7) is 0. The summed E-state index contributed by atoms with van der Waals surface area (Å²) in [5.74, 6) is 0. The minimum Gasteiger partial charge on any atom is -0.310 e. The maximum atomic E-state index is 4.38. The third-order valence-electron chi connectivity index (χ3n) is 14.5. The minimum atomic E-state index is 1.07. The summed E-state index contributed by atoms with van der Waals surface area (Å²) < 4.78 is 7.73. The molecule has 0 amide bonds. The van der Waals surface area contributed by atoms with Gasteiger partial charge in [0.25, 0.3) is 0 Å². The van der Waals surface area contributed by atoms with Crippen LogP contribution >= 0.6 is 34.0 Å². The lowest BCUT2D eigenvalue weighted by molar-refractivity contribution is 1.25. The largest absolute Gasteiger partial charge is 0.310 e. The molecule has 11 aromatic carbocycles. The van der Waals surface area contributed by atoms with E-state index in [2.05, 4.69) is 251 Å². The number of nitrogens with zero attached hydrogens (tertiary/aromatic N) is 3. The highest BCUT2D eigenvalue weighted by Gasteiger charge is 2.22. The van der Waals surface area contributed by atoms with Gasteiger partial charge in [0.1, 0.15) is 0 Å². The topological polar surface area (TPSA) is 19.4 Å². The highest BCUT2D eigenvalue weighted by molar-refractivity contribution is 7.27. The third kappa shape index (κ3) is 7.02. The molecule has 4 aromatic heterocycles. The molecular weight excluding hydrogens is 943 g/mol. The monoisotopic (exact) mass is 983 g/mol. The van der Waals surface area contributed by atoms with E-state index in [9.17, 15) is 0 Å². The maximum Gasteiger partial charge on any atom is 0.0492 e. The first kappa shape index (κ1) is 42.1. The molecule has 0 atom stereocenters. The molecule has 0 aliphatic rings. The van der Waals surface area contributed by atoms with Crippen LogP contribution < -0.4 is 9.80 Å². The zero-order valence-corrected chi connectivity index (χ0v) is 41.7. The van der Waals surface area contributed by atoms with Gasteiger partial charge in [-0.25, -0.2) is 0 Å². The van der Waals surface area contributed by atoms with E-state index in [4.69, 9.17) is 0 Å². The van der Waals surface area contributed by atoms with Crippen molar-refractivity contribution in [3.05, 3.63) is 249 Å². The number of aromatic nitrogens is 1. The molecule has 4 heterocycles. The van der Waals surface area contributed by atoms with E-state index in [1.54, 1.807) is 0 Å². The van der Waals surface area contributed by atoms with Gasteiger partial charge in [-0.3, -0.25) is 4.98 Å². The van der Waals surface area contributed by atoms with Gasteiger partial charge in [-0.1, -0.05) is 140 Å². The SMILES string of the molecule is c1ccc(N(c2ccncc2)c2cc(-c3ccc4c(c3)sc3cc(-c5cc(N(c6ccccc6)c6ccc7c(ccc8ccccc87)c6)cc6c5sc5ccccc56)ccc34)c3sc4ccccc4c3c2)cc1. The van der Waals surface area contributed by atoms with Crippen LogP contribution in [0.15, 0.2) is 249 Å². The molecule has 0 N–H and O–H groups in total. The predicted molar refractivity (Wildman–Crippen MR) is 318 cm³/mol. The second-order valence-corrected chi connectivity index (χ2v) is 21.9. The van der Waals surface area contributed by atoms with Gasteiger partial charge >= 0.3 is 0 Å². The van der Waals surface area contributed by atoms with E-state index in [0.717, 1.165) is 34.1 Å². The Morgan fingerprint density at radius 3 is 1.30 bits per heavy atom. The van der Waals surface area contributed by atoms with Crippen LogP contribution in [0.5, 0.6) is 0 Å². The Bertz CT molecular complexity index is 4590. The van der Waals surface area contributed by atoms with E-state index >= 15 is 0 Å². The van der Waals surface area contributed by atoms with Crippen molar-refractivity contribution in [3.8, 4) is 22.3 Å². The first-order valence-corrected chi connectivity index (χ1v) is 27.0. The summed E-state index contributed by atoms with van der Waals surface area (Å²) in [5, 5.41) is 12.7. The van der Waals surface area contributed by atoms with Gasteiger partial charge in [0.2, 0.25) is 0 Å². The smallest absolute Gasteiger partial charge is 0.0492 e. The van der Waals surface area contributed by atoms with Crippen molar-refractivity contribution in [2.24, 2.45) is 0 Å². The molecule has 15 aromatic rings. The van der Waals surface area contributed by atoms with Crippen LogP contribution in [-0.2, 0) is 0 Å². The Balaban J connectivity index is 0.895. The molecule has 342 valence electrons. The van der Waals surface area contributed by atoms with Crippen molar-refractivity contribution in [2.75, 3.05) is 9.80 Å². The van der Waals surface area contributed by atoms with E-state index < -0.39 is 0 Å². The fourth-order valence-corrected chi connectivity index (χ4v) is 14.7. The summed E-state index contributed by atoms with van der Waals surface area (Å²) in [6, 6.07) is 87.3. The molecule has 0 saturated heterocycles.